The molecule has 0 spiro atoms. The van der Waals surface area contributed by atoms with Crippen molar-refractivity contribution in [1.82, 2.24) is 10.2 Å². The van der Waals surface area contributed by atoms with Crippen LogP contribution in [0.25, 0.3) is 0 Å². The van der Waals surface area contributed by atoms with E-state index in [1.54, 1.807) is 0 Å². The molecule has 2 unspecified atom stereocenters. The maximum absolute atomic E-state index is 3.45. The molecule has 0 aromatic rings. The van der Waals surface area contributed by atoms with Gasteiger partial charge in [0.25, 0.3) is 0 Å². The summed E-state index contributed by atoms with van der Waals surface area (Å²) in [6.07, 6.45) is 3.96. The zero-order chi connectivity index (χ0) is 8.97. The Balaban J connectivity index is 2.33. The molecular weight excluding hydrogens is 148 g/mol. The predicted octanol–water partition coefficient (Wildman–Crippen LogP) is 1.47. The van der Waals surface area contributed by atoms with Crippen molar-refractivity contribution in [3.8, 4) is 0 Å². The number of likely N-dealkylation sites (N-methyl/N-ethyl adjacent to an activating group) is 1. The SMILES string of the molecule is CCC(C)N(C)C1CCCNC1. The lowest BCUT2D eigenvalue weighted by molar-refractivity contribution is 0.152. The summed E-state index contributed by atoms with van der Waals surface area (Å²) in [7, 11) is 2.26. The summed E-state index contributed by atoms with van der Waals surface area (Å²) in [5.74, 6) is 0. The van der Waals surface area contributed by atoms with E-state index in [0.717, 1.165) is 12.1 Å². The normalized spacial score (nSPS) is 27.5. The van der Waals surface area contributed by atoms with Crippen LogP contribution in [0.4, 0.5) is 0 Å². The molecule has 0 bridgehead atoms. The van der Waals surface area contributed by atoms with Crippen molar-refractivity contribution < 1.29 is 0 Å². The second-order valence-corrected chi connectivity index (χ2v) is 3.92. The van der Waals surface area contributed by atoms with E-state index in [9.17, 15) is 0 Å². The Morgan fingerprint density at radius 1 is 1.58 bits per heavy atom. The van der Waals surface area contributed by atoms with Crippen molar-refractivity contribution in [3.05, 3.63) is 0 Å². The zero-order valence-electron chi connectivity index (χ0n) is 8.64. The smallest absolute Gasteiger partial charge is 0.0220 e. The highest BCUT2D eigenvalue weighted by Gasteiger charge is 2.20. The molecule has 0 radical (unpaired) electrons. The summed E-state index contributed by atoms with van der Waals surface area (Å²) >= 11 is 0. The first-order valence-electron chi connectivity index (χ1n) is 5.18. The molecule has 1 aliphatic heterocycles. The molecule has 0 aromatic heterocycles. The number of hydrogen-bond donors (Lipinski definition) is 1. The Bertz CT molecular complexity index is 119. The van der Waals surface area contributed by atoms with Crippen LogP contribution in [-0.2, 0) is 0 Å². The molecule has 1 N–H and O–H groups in total. The second kappa shape index (κ2) is 4.83. The fourth-order valence-electron chi connectivity index (χ4n) is 1.83. The molecule has 1 heterocycles. The third-order valence-electron chi connectivity index (χ3n) is 3.13. The summed E-state index contributed by atoms with van der Waals surface area (Å²) in [6.45, 7) is 6.97. The highest BCUT2D eigenvalue weighted by molar-refractivity contribution is 4.78. The van der Waals surface area contributed by atoms with Crippen molar-refractivity contribution in [2.45, 2.75) is 45.2 Å². The third-order valence-corrected chi connectivity index (χ3v) is 3.13. The molecule has 1 aliphatic rings. The number of piperidine rings is 1. The average Bonchev–Trinajstić information content (AvgIpc) is 2.17. The number of nitrogens with zero attached hydrogens (tertiary/aromatic N) is 1. The summed E-state index contributed by atoms with van der Waals surface area (Å²) in [5, 5.41) is 3.45. The van der Waals surface area contributed by atoms with E-state index >= 15 is 0 Å². The summed E-state index contributed by atoms with van der Waals surface area (Å²) in [6, 6.07) is 1.50. The number of rotatable bonds is 3. The van der Waals surface area contributed by atoms with Gasteiger partial charge in [0, 0.05) is 18.6 Å². The topological polar surface area (TPSA) is 15.3 Å². The molecule has 1 rings (SSSR count). The van der Waals surface area contributed by atoms with Crippen LogP contribution in [0.5, 0.6) is 0 Å². The third kappa shape index (κ3) is 2.46. The van der Waals surface area contributed by atoms with Crippen molar-refractivity contribution >= 4 is 0 Å². The molecular formula is C10H22N2. The van der Waals surface area contributed by atoms with Crippen LogP contribution >= 0.6 is 0 Å². The quantitative estimate of drug-likeness (QED) is 0.690. The molecule has 2 atom stereocenters. The molecule has 0 aromatic carbocycles. The van der Waals surface area contributed by atoms with Crippen molar-refractivity contribution in [1.29, 1.82) is 0 Å². The van der Waals surface area contributed by atoms with E-state index in [-0.39, 0.29) is 0 Å². The average molecular weight is 170 g/mol. The second-order valence-electron chi connectivity index (χ2n) is 3.92. The lowest BCUT2D eigenvalue weighted by Crippen LogP contribution is -2.47. The van der Waals surface area contributed by atoms with Gasteiger partial charge in [-0.05, 0) is 39.8 Å². The first kappa shape index (κ1) is 10.0. The van der Waals surface area contributed by atoms with Crippen LogP contribution in [0.15, 0.2) is 0 Å². The highest BCUT2D eigenvalue weighted by atomic mass is 15.2. The molecule has 2 nitrogen and oxygen atoms in total. The van der Waals surface area contributed by atoms with Crippen molar-refractivity contribution in [3.63, 3.8) is 0 Å². The van der Waals surface area contributed by atoms with Gasteiger partial charge < -0.3 is 5.32 Å². The number of hydrogen-bond acceptors (Lipinski definition) is 2. The van der Waals surface area contributed by atoms with E-state index in [2.05, 4.69) is 31.1 Å². The largest absolute Gasteiger partial charge is 0.315 e. The van der Waals surface area contributed by atoms with Crippen LogP contribution < -0.4 is 5.32 Å². The van der Waals surface area contributed by atoms with Crippen LogP contribution in [-0.4, -0.2) is 37.1 Å². The van der Waals surface area contributed by atoms with E-state index in [1.165, 1.54) is 32.4 Å². The van der Waals surface area contributed by atoms with Gasteiger partial charge in [-0.1, -0.05) is 6.92 Å². The minimum absolute atomic E-state index is 0.731. The number of nitrogens with one attached hydrogen (secondary N) is 1. The van der Waals surface area contributed by atoms with E-state index in [1.807, 2.05) is 0 Å². The molecule has 1 saturated heterocycles. The fraction of sp³-hybridized carbons (Fsp3) is 1.00. The Labute approximate surface area is 76.3 Å². The van der Waals surface area contributed by atoms with Gasteiger partial charge in [-0.15, -0.1) is 0 Å². The monoisotopic (exact) mass is 170 g/mol. The highest BCUT2D eigenvalue weighted by Crippen LogP contribution is 2.12. The lowest BCUT2D eigenvalue weighted by Gasteiger charge is -2.35. The maximum Gasteiger partial charge on any atom is 0.0220 e. The van der Waals surface area contributed by atoms with Crippen molar-refractivity contribution in [2.24, 2.45) is 0 Å². The first-order valence-corrected chi connectivity index (χ1v) is 5.18. The molecule has 0 aliphatic carbocycles. The summed E-state index contributed by atoms with van der Waals surface area (Å²) < 4.78 is 0. The van der Waals surface area contributed by atoms with Gasteiger partial charge in [-0.2, -0.15) is 0 Å². The van der Waals surface area contributed by atoms with Gasteiger partial charge in [-0.25, -0.2) is 0 Å². The minimum Gasteiger partial charge on any atom is -0.315 e. The molecule has 12 heavy (non-hydrogen) atoms. The van der Waals surface area contributed by atoms with Gasteiger partial charge in [0.15, 0.2) is 0 Å². The van der Waals surface area contributed by atoms with Gasteiger partial charge in [0.2, 0.25) is 0 Å². The zero-order valence-corrected chi connectivity index (χ0v) is 8.64. The first-order chi connectivity index (χ1) is 5.75. The lowest BCUT2D eigenvalue weighted by atomic mass is 10.0. The van der Waals surface area contributed by atoms with E-state index in [4.69, 9.17) is 0 Å². The van der Waals surface area contributed by atoms with Crippen LogP contribution in [0.3, 0.4) is 0 Å². The molecule has 72 valence electrons. The van der Waals surface area contributed by atoms with E-state index in [0.29, 0.717) is 0 Å². The van der Waals surface area contributed by atoms with Crippen molar-refractivity contribution in [2.75, 3.05) is 20.1 Å². The molecule has 0 saturated carbocycles. The fourth-order valence-corrected chi connectivity index (χ4v) is 1.83. The minimum atomic E-state index is 0.731. The van der Waals surface area contributed by atoms with Crippen LogP contribution in [0, 0.1) is 0 Å². The van der Waals surface area contributed by atoms with Gasteiger partial charge in [-0.3, -0.25) is 4.90 Å². The van der Waals surface area contributed by atoms with Crippen LogP contribution in [0.2, 0.25) is 0 Å². The van der Waals surface area contributed by atoms with Gasteiger partial charge in [0.05, 0.1) is 0 Å². The Hall–Kier alpha value is -0.0800. The Morgan fingerprint density at radius 2 is 2.33 bits per heavy atom. The Kier molecular flexibility index (Phi) is 4.02. The molecule has 0 amide bonds. The Morgan fingerprint density at radius 3 is 2.83 bits per heavy atom. The summed E-state index contributed by atoms with van der Waals surface area (Å²) in [4.78, 5) is 2.52. The standard InChI is InChI=1S/C10H22N2/c1-4-9(2)12(3)10-6-5-7-11-8-10/h9-11H,4-8H2,1-3H3. The molecule has 1 fully saturated rings. The van der Waals surface area contributed by atoms with Crippen LogP contribution in [0.1, 0.15) is 33.1 Å². The predicted molar refractivity (Wildman–Crippen MR) is 53.4 cm³/mol. The maximum atomic E-state index is 3.45. The van der Waals surface area contributed by atoms with E-state index < -0.39 is 0 Å². The summed E-state index contributed by atoms with van der Waals surface area (Å²) in [5.41, 5.74) is 0. The molecule has 2 heteroatoms. The van der Waals surface area contributed by atoms with Gasteiger partial charge in [0.1, 0.15) is 0 Å². The van der Waals surface area contributed by atoms with Gasteiger partial charge >= 0.3 is 0 Å².